The number of piperidine rings is 1. The van der Waals surface area contributed by atoms with Gasteiger partial charge in [0.15, 0.2) is 0 Å². The maximum Gasteiger partial charge on any atom is 0.315 e. The third kappa shape index (κ3) is 4.72. The number of hydrogen-bond acceptors (Lipinski definition) is 4. The number of nitrogens with zero attached hydrogens (tertiary/aromatic N) is 1. The Labute approximate surface area is 137 Å². The fraction of sp³-hybridized carbons (Fsp3) is 0.706. The third-order valence-corrected chi connectivity index (χ3v) is 4.75. The molecule has 1 aromatic heterocycles. The number of urea groups is 1. The Morgan fingerprint density at radius 2 is 2.30 bits per heavy atom. The van der Waals surface area contributed by atoms with Gasteiger partial charge in [-0.2, -0.15) is 0 Å². The first-order chi connectivity index (χ1) is 11.3. The van der Waals surface area contributed by atoms with E-state index in [9.17, 15) is 4.79 Å². The number of nitrogens with one attached hydrogen (secondary N) is 2. The summed E-state index contributed by atoms with van der Waals surface area (Å²) in [6, 6.07) is 4.55. The first kappa shape index (κ1) is 16.3. The standard InChI is InChI=1S/C17H27N3O3/c21-17(18-8-4-11-22-13-14-5-3-12-23-14)19-15-7-10-20-9-2-1-6-16(15)20/h3,5,12,15-16H,1-2,4,6-11,13H2,(H2,18,19,21)/t15-,16+/m0/s1. The Hall–Kier alpha value is -1.53. The lowest BCUT2D eigenvalue weighted by Crippen LogP contribution is -2.49. The minimum Gasteiger partial charge on any atom is -0.467 e. The zero-order chi connectivity index (χ0) is 15.9. The van der Waals surface area contributed by atoms with Crippen molar-refractivity contribution in [3.63, 3.8) is 0 Å². The smallest absolute Gasteiger partial charge is 0.315 e. The molecule has 0 spiro atoms. The molecule has 2 N–H and O–H groups in total. The molecule has 3 heterocycles. The molecule has 3 rings (SSSR count). The van der Waals surface area contributed by atoms with Crippen LogP contribution in [0.4, 0.5) is 4.79 Å². The van der Waals surface area contributed by atoms with Gasteiger partial charge < -0.3 is 19.8 Å². The van der Waals surface area contributed by atoms with Crippen LogP contribution in [0, 0.1) is 0 Å². The van der Waals surface area contributed by atoms with E-state index in [1.54, 1.807) is 6.26 Å². The van der Waals surface area contributed by atoms with Gasteiger partial charge in [-0.05, 0) is 44.4 Å². The third-order valence-electron chi connectivity index (χ3n) is 4.75. The average molecular weight is 321 g/mol. The van der Waals surface area contributed by atoms with Crippen molar-refractivity contribution >= 4 is 6.03 Å². The van der Waals surface area contributed by atoms with Crippen molar-refractivity contribution in [2.45, 2.75) is 50.8 Å². The van der Waals surface area contributed by atoms with Crippen LogP contribution in [0.25, 0.3) is 0 Å². The first-order valence-electron chi connectivity index (χ1n) is 8.71. The number of hydrogen-bond donors (Lipinski definition) is 2. The normalized spacial score (nSPS) is 24.3. The monoisotopic (exact) mass is 321 g/mol. The maximum atomic E-state index is 12.0. The predicted octanol–water partition coefficient (Wildman–Crippen LogP) is 2.11. The van der Waals surface area contributed by atoms with Crippen molar-refractivity contribution in [1.82, 2.24) is 15.5 Å². The van der Waals surface area contributed by atoms with Crippen LogP contribution in [0.5, 0.6) is 0 Å². The van der Waals surface area contributed by atoms with Crippen molar-refractivity contribution < 1.29 is 13.9 Å². The zero-order valence-electron chi connectivity index (χ0n) is 13.6. The van der Waals surface area contributed by atoms with Gasteiger partial charge in [-0.15, -0.1) is 0 Å². The van der Waals surface area contributed by atoms with E-state index >= 15 is 0 Å². The molecule has 0 bridgehead atoms. The summed E-state index contributed by atoms with van der Waals surface area (Å²) in [5.41, 5.74) is 0. The molecular weight excluding hydrogens is 294 g/mol. The van der Waals surface area contributed by atoms with Crippen molar-refractivity contribution in [3.05, 3.63) is 24.2 Å². The number of carbonyl (C=O) groups excluding carboxylic acids is 1. The van der Waals surface area contributed by atoms with E-state index in [1.807, 2.05) is 12.1 Å². The topological polar surface area (TPSA) is 66.7 Å². The number of fused-ring (bicyclic) bond motifs is 1. The summed E-state index contributed by atoms with van der Waals surface area (Å²) in [6.07, 6.45) is 7.31. The summed E-state index contributed by atoms with van der Waals surface area (Å²) in [5, 5.41) is 6.07. The van der Waals surface area contributed by atoms with Gasteiger partial charge >= 0.3 is 6.03 Å². The Balaban J connectivity index is 1.25. The van der Waals surface area contributed by atoms with Gasteiger partial charge in [-0.3, -0.25) is 4.90 Å². The Morgan fingerprint density at radius 3 is 3.17 bits per heavy atom. The van der Waals surface area contributed by atoms with E-state index in [-0.39, 0.29) is 6.03 Å². The van der Waals surface area contributed by atoms with Gasteiger partial charge in [0.1, 0.15) is 12.4 Å². The summed E-state index contributed by atoms with van der Waals surface area (Å²) in [5.74, 6) is 0.828. The molecule has 2 atom stereocenters. The second kappa shape index (κ2) is 8.36. The Bertz CT molecular complexity index is 477. The Kier molecular flexibility index (Phi) is 5.93. The number of rotatable bonds is 7. The highest BCUT2D eigenvalue weighted by atomic mass is 16.5. The van der Waals surface area contributed by atoms with Crippen LogP contribution < -0.4 is 10.6 Å². The average Bonchev–Trinajstić information content (AvgIpc) is 3.21. The second-order valence-corrected chi connectivity index (χ2v) is 6.38. The fourth-order valence-electron chi connectivity index (χ4n) is 3.58. The predicted molar refractivity (Wildman–Crippen MR) is 87.1 cm³/mol. The minimum atomic E-state index is -0.0477. The molecule has 2 aliphatic heterocycles. The highest BCUT2D eigenvalue weighted by Gasteiger charge is 2.36. The molecule has 0 aliphatic carbocycles. The maximum absolute atomic E-state index is 12.0. The largest absolute Gasteiger partial charge is 0.467 e. The van der Waals surface area contributed by atoms with Gasteiger partial charge in [0.05, 0.1) is 6.26 Å². The summed E-state index contributed by atoms with van der Waals surface area (Å²) in [7, 11) is 0. The molecule has 6 nitrogen and oxygen atoms in total. The van der Waals surface area contributed by atoms with Crippen LogP contribution in [0.1, 0.15) is 37.9 Å². The Morgan fingerprint density at radius 1 is 1.35 bits per heavy atom. The molecule has 6 heteroatoms. The molecule has 0 unspecified atom stereocenters. The van der Waals surface area contributed by atoms with E-state index in [0.717, 1.165) is 25.1 Å². The van der Waals surface area contributed by atoms with Crippen LogP contribution in [0.15, 0.2) is 22.8 Å². The molecule has 0 aromatic carbocycles. The van der Waals surface area contributed by atoms with Gasteiger partial charge in [-0.25, -0.2) is 4.79 Å². The van der Waals surface area contributed by atoms with Crippen molar-refractivity contribution in [1.29, 1.82) is 0 Å². The van der Waals surface area contributed by atoms with Gasteiger partial charge in [0, 0.05) is 31.8 Å². The lowest BCUT2D eigenvalue weighted by atomic mass is 9.99. The summed E-state index contributed by atoms with van der Waals surface area (Å²) in [4.78, 5) is 14.5. The highest BCUT2D eigenvalue weighted by molar-refractivity contribution is 5.74. The van der Waals surface area contributed by atoms with E-state index in [1.165, 1.54) is 25.8 Å². The number of furan rings is 1. The van der Waals surface area contributed by atoms with E-state index in [2.05, 4.69) is 15.5 Å². The zero-order valence-corrected chi connectivity index (χ0v) is 13.6. The lowest BCUT2D eigenvalue weighted by Gasteiger charge is -2.32. The molecule has 2 fully saturated rings. The number of ether oxygens (including phenoxy) is 1. The number of amides is 2. The highest BCUT2D eigenvalue weighted by Crippen LogP contribution is 2.26. The summed E-state index contributed by atoms with van der Waals surface area (Å²) < 4.78 is 10.7. The SMILES string of the molecule is O=C(NCCCOCc1ccco1)N[C@H]1CCN2CCCC[C@H]12. The molecule has 128 valence electrons. The van der Waals surface area contributed by atoms with Crippen LogP contribution in [-0.2, 0) is 11.3 Å². The van der Waals surface area contributed by atoms with Gasteiger partial charge in [0.25, 0.3) is 0 Å². The number of carbonyl (C=O) groups is 1. The first-order valence-corrected chi connectivity index (χ1v) is 8.71. The molecule has 2 aliphatic rings. The molecular formula is C17H27N3O3. The fourth-order valence-corrected chi connectivity index (χ4v) is 3.58. The van der Waals surface area contributed by atoms with Crippen LogP contribution >= 0.6 is 0 Å². The molecule has 0 saturated carbocycles. The van der Waals surface area contributed by atoms with Crippen LogP contribution in [0.2, 0.25) is 0 Å². The summed E-state index contributed by atoms with van der Waals surface area (Å²) in [6.45, 7) is 4.04. The van der Waals surface area contributed by atoms with E-state index < -0.39 is 0 Å². The molecule has 2 saturated heterocycles. The van der Waals surface area contributed by atoms with Crippen LogP contribution in [0.3, 0.4) is 0 Å². The van der Waals surface area contributed by atoms with E-state index in [4.69, 9.17) is 9.15 Å². The van der Waals surface area contributed by atoms with Crippen molar-refractivity contribution in [2.24, 2.45) is 0 Å². The quantitative estimate of drug-likeness (QED) is 0.755. The molecule has 2 amide bonds. The van der Waals surface area contributed by atoms with Crippen LogP contribution in [-0.4, -0.2) is 49.3 Å². The van der Waals surface area contributed by atoms with Gasteiger partial charge in [-0.1, -0.05) is 6.42 Å². The lowest BCUT2D eigenvalue weighted by molar-refractivity contribution is 0.104. The van der Waals surface area contributed by atoms with Gasteiger partial charge in [0.2, 0.25) is 0 Å². The van der Waals surface area contributed by atoms with Crippen molar-refractivity contribution in [2.75, 3.05) is 26.2 Å². The van der Waals surface area contributed by atoms with E-state index in [0.29, 0.717) is 31.8 Å². The molecule has 0 radical (unpaired) electrons. The van der Waals surface area contributed by atoms with Crippen molar-refractivity contribution in [3.8, 4) is 0 Å². The molecule has 23 heavy (non-hydrogen) atoms. The minimum absolute atomic E-state index is 0.0477. The summed E-state index contributed by atoms with van der Waals surface area (Å²) >= 11 is 0. The molecule has 1 aromatic rings. The second-order valence-electron chi connectivity index (χ2n) is 6.38.